The Kier molecular flexibility index (Phi) is 14.2. The van der Waals surface area contributed by atoms with Crippen LogP contribution in [-0.4, -0.2) is 99.4 Å². The number of aliphatic carboxylic acids is 1. The molecule has 0 saturated carbocycles. The number of rotatable bonds is 17. The molecule has 55 heavy (non-hydrogen) atoms. The number of nitrogens with one attached hydrogen (secondary N) is 3. The summed E-state index contributed by atoms with van der Waals surface area (Å²) in [6.45, 7) is 11.9. The maximum absolute atomic E-state index is 14.6. The molecule has 4 N–H and O–H groups in total. The zero-order valence-electron chi connectivity index (χ0n) is 31.4. The molecule has 0 aliphatic carbocycles. The zero-order valence-corrected chi connectivity index (χ0v) is 31.4. The summed E-state index contributed by atoms with van der Waals surface area (Å²) in [5, 5.41) is 16.9. The molecule has 2 heterocycles. The third-order valence-electron chi connectivity index (χ3n) is 8.81. The van der Waals surface area contributed by atoms with Crippen LogP contribution >= 0.6 is 0 Å². The third-order valence-corrected chi connectivity index (χ3v) is 8.81. The van der Waals surface area contributed by atoms with E-state index < -0.39 is 60.2 Å². The molecule has 2 aliphatic rings. The lowest BCUT2D eigenvalue weighted by Gasteiger charge is -2.34. The second-order valence-electron chi connectivity index (χ2n) is 13.0. The van der Waals surface area contributed by atoms with Crippen molar-refractivity contribution in [2.75, 3.05) is 49.2 Å². The van der Waals surface area contributed by atoms with Crippen molar-refractivity contribution in [3.05, 3.63) is 66.8 Å². The van der Waals surface area contributed by atoms with Crippen molar-refractivity contribution >= 4 is 52.9 Å². The lowest BCUT2D eigenvalue weighted by atomic mass is 10.0. The van der Waals surface area contributed by atoms with Crippen LogP contribution in [0.1, 0.15) is 49.5 Å². The Bertz CT molecular complexity index is 1810. The number of anilines is 3. The highest BCUT2D eigenvalue weighted by atomic mass is 16.6. The lowest BCUT2D eigenvalue weighted by molar-refractivity contribution is -0.137. The molecule has 0 fully saturated rings. The number of amides is 5. The van der Waals surface area contributed by atoms with Gasteiger partial charge in [-0.2, -0.15) is 0 Å². The van der Waals surface area contributed by atoms with Gasteiger partial charge < -0.3 is 44.7 Å². The molecule has 17 nitrogen and oxygen atoms in total. The number of hydrogen-bond acceptors (Lipinski definition) is 11. The van der Waals surface area contributed by atoms with Crippen LogP contribution in [-0.2, 0) is 35.0 Å². The van der Waals surface area contributed by atoms with E-state index in [2.05, 4.69) is 29.1 Å². The summed E-state index contributed by atoms with van der Waals surface area (Å²) >= 11 is 0. The molecule has 0 unspecified atom stereocenters. The molecule has 2 aromatic rings. The highest BCUT2D eigenvalue weighted by Gasteiger charge is 2.48. The molecule has 0 aromatic heterocycles. The number of benzene rings is 2. The summed E-state index contributed by atoms with van der Waals surface area (Å²) in [7, 11) is 2.78. The SMILES string of the molecule is C=CCOC(=O)N[C@H](C(=O)N[C@@H](C)C(=O)Nc1ccc2c(c1)N1C(=O)c3cc(OC)c(OCCCC(=O)O)cc3N(C(=O)OCC=C)[C@@H](OC)[C@@H]1C2)C(C)C. The zero-order chi connectivity index (χ0) is 40.4. The molecule has 296 valence electrons. The fraction of sp³-hybridized carbons (Fsp3) is 0.421. The molecule has 0 spiro atoms. The number of ether oxygens (including phenoxy) is 5. The highest BCUT2D eigenvalue weighted by molar-refractivity contribution is 6.15. The maximum Gasteiger partial charge on any atom is 0.416 e. The Morgan fingerprint density at radius 2 is 1.65 bits per heavy atom. The largest absolute Gasteiger partial charge is 0.493 e. The number of carbonyl (C=O) groups is 6. The molecule has 5 amide bonds. The molecule has 4 rings (SSSR count). The van der Waals surface area contributed by atoms with Gasteiger partial charge in [-0.15, -0.1) is 0 Å². The molecular weight excluding hydrogens is 718 g/mol. The second kappa shape index (κ2) is 18.8. The van der Waals surface area contributed by atoms with Gasteiger partial charge in [0.1, 0.15) is 25.3 Å². The van der Waals surface area contributed by atoms with Gasteiger partial charge >= 0.3 is 18.2 Å². The average Bonchev–Trinajstić information content (AvgIpc) is 3.48. The van der Waals surface area contributed by atoms with Gasteiger partial charge in [-0.3, -0.25) is 24.1 Å². The minimum atomic E-state index is -1.08. The van der Waals surface area contributed by atoms with Crippen molar-refractivity contribution in [3.8, 4) is 11.5 Å². The van der Waals surface area contributed by atoms with Crippen LogP contribution in [0.5, 0.6) is 11.5 Å². The maximum atomic E-state index is 14.6. The quantitative estimate of drug-likeness (QED) is 0.133. The summed E-state index contributed by atoms with van der Waals surface area (Å²) in [6, 6.07) is 5.11. The molecule has 4 atom stereocenters. The van der Waals surface area contributed by atoms with E-state index in [-0.39, 0.29) is 67.8 Å². The number of hydrogen-bond donors (Lipinski definition) is 4. The molecule has 0 radical (unpaired) electrons. The van der Waals surface area contributed by atoms with Gasteiger partial charge in [-0.1, -0.05) is 45.2 Å². The van der Waals surface area contributed by atoms with Crippen LogP contribution in [0.3, 0.4) is 0 Å². The van der Waals surface area contributed by atoms with Crippen LogP contribution in [0.4, 0.5) is 26.7 Å². The van der Waals surface area contributed by atoms with E-state index in [1.54, 1.807) is 32.0 Å². The normalized spacial score (nSPS) is 16.7. The monoisotopic (exact) mass is 765 g/mol. The number of carbonyl (C=O) groups excluding carboxylic acids is 5. The molecule has 0 saturated heterocycles. The summed E-state index contributed by atoms with van der Waals surface area (Å²) in [6.07, 6.45) is 0.404. The van der Waals surface area contributed by atoms with E-state index in [0.29, 0.717) is 11.4 Å². The molecule has 17 heteroatoms. The fourth-order valence-electron chi connectivity index (χ4n) is 6.18. The van der Waals surface area contributed by atoms with Crippen molar-refractivity contribution in [2.24, 2.45) is 5.92 Å². The van der Waals surface area contributed by atoms with Crippen molar-refractivity contribution in [1.29, 1.82) is 0 Å². The van der Waals surface area contributed by atoms with Crippen molar-refractivity contribution in [2.45, 2.75) is 64.4 Å². The minimum absolute atomic E-state index is 0.0167. The highest BCUT2D eigenvalue weighted by Crippen LogP contribution is 2.45. The van der Waals surface area contributed by atoms with E-state index >= 15 is 0 Å². The summed E-state index contributed by atoms with van der Waals surface area (Å²) in [5.74, 6) is -2.67. The van der Waals surface area contributed by atoms with Crippen molar-refractivity contribution in [3.63, 3.8) is 0 Å². The van der Waals surface area contributed by atoms with E-state index in [0.717, 1.165) is 5.56 Å². The van der Waals surface area contributed by atoms with Crippen LogP contribution in [0.15, 0.2) is 55.6 Å². The van der Waals surface area contributed by atoms with Crippen LogP contribution in [0, 0.1) is 5.92 Å². The second-order valence-corrected chi connectivity index (χ2v) is 13.0. The van der Waals surface area contributed by atoms with Gasteiger partial charge in [-0.25, -0.2) is 14.5 Å². The van der Waals surface area contributed by atoms with Gasteiger partial charge in [0.05, 0.1) is 31.0 Å². The lowest BCUT2D eigenvalue weighted by Crippen LogP contribution is -2.53. The smallest absolute Gasteiger partial charge is 0.416 e. The van der Waals surface area contributed by atoms with Crippen LogP contribution in [0.2, 0.25) is 0 Å². The van der Waals surface area contributed by atoms with Crippen molar-refractivity contribution in [1.82, 2.24) is 10.6 Å². The number of fused-ring (bicyclic) bond motifs is 4. The van der Waals surface area contributed by atoms with Gasteiger partial charge in [0, 0.05) is 31.0 Å². The number of alkyl carbamates (subject to hydrolysis) is 1. The van der Waals surface area contributed by atoms with E-state index in [1.807, 2.05) is 0 Å². The Hall–Kier alpha value is -6.10. The summed E-state index contributed by atoms with van der Waals surface area (Å²) in [4.78, 5) is 80.6. The number of methoxy groups -OCH3 is 2. The first kappa shape index (κ1) is 41.7. The van der Waals surface area contributed by atoms with Crippen LogP contribution in [0.25, 0.3) is 0 Å². The summed E-state index contributed by atoms with van der Waals surface area (Å²) in [5.41, 5.74) is 1.63. The number of carboxylic acids is 1. The van der Waals surface area contributed by atoms with Gasteiger partial charge in [0.2, 0.25) is 11.8 Å². The topological polar surface area (TPSA) is 211 Å². The van der Waals surface area contributed by atoms with Crippen LogP contribution < -0.4 is 35.2 Å². The minimum Gasteiger partial charge on any atom is -0.493 e. The Morgan fingerprint density at radius 1 is 0.945 bits per heavy atom. The predicted molar refractivity (Wildman–Crippen MR) is 200 cm³/mol. The molecular formula is C38H47N5O12. The first-order valence-electron chi connectivity index (χ1n) is 17.5. The Balaban J connectivity index is 1.65. The van der Waals surface area contributed by atoms with E-state index in [9.17, 15) is 28.8 Å². The molecule has 2 aliphatic heterocycles. The Labute approximate surface area is 318 Å². The van der Waals surface area contributed by atoms with Gasteiger partial charge in [0.25, 0.3) is 5.91 Å². The number of nitrogens with zero attached hydrogens (tertiary/aromatic N) is 2. The first-order valence-corrected chi connectivity index (χ1v) is 17.5. The standard InChI is InChI=1S/C38H47N5O12/c1-8-14-54-37(49)41-32(21(3)4)34(47)39-22(5)33(46)40-24-13-12-23-17-28-36(52-7)43(38(50)55-15-9-2)27-20-30(53-16-10-11-31(44)45)29(51-6)19-25(27)35(48)42(28)26(23)18-24/h8-9,12-13,18-22,28,32,36H,1-2,10-11,14-17H2,3-7H3,(H,39,47)(H,40,46)(H,41,49)(H,44,45)/t22-,28-,32-,36-/m0/s1. The molecule has 2 aromatic carbocycles. The fourth-order valence-corrected chi connectivity index (χ4v) is 6.18. The van der Waals surface area contributed by atoms with E-state index in [4.69, 9.17) is 28.8 Å². The average molecular weight is 766 g/mol. The predicted octanol–water partition coefficient (Wildman–Crippen LogP) is 4.01. The van der Waals surface area contributed by atoms with Gasteiger partial charge in [-0.05, 0) is 49.4 Å². The van der Waals surface area contributed by atoms with Gasteiger partial charge in [0.15, 0.2) is 17.7 Å². The third kappa shape index (κ3) is 9.72. The Morgan fingerprint density at radius 3 is 2.29 bits per heavy atom. The van der Waals surface area contributed by atoms with E-state index in [1.165, 1.54) is 55.2 Å². The summed E-state index contributed by atoms with van der Waals surface area (Å²) < 4.78 is 27.7. The van der Waals surface area contributed by atoms with Crippen molar-refractivity contribution < 1.29 is 57.6 Å². The first-order chi connectivity index (χ1) is 26.3. The number of carboxylic acid groups (broad SMARTS) is 1. The molecule has 0 bridgehead atoms.